The van der Waals surface area contributed by atoms with Crippen LogP contribution in [0, 0.1) is 11.8 Å². The van der Waals surface area contributed by atoms with Gasteiger partial charge < -0.3 is 5.73 Å². The summed E-state index contributed by atoms with van der Waals surface area (Å²) >= 11 is 0. The fourth-order valence-electron chi connectivity index (χ4n) is 2.83. The van der Waals surface area contributed by atoms with Crippen molar-refractivity contribution in [2.75, 3.05) is 6.54 Å². The summed E-state index contributed by atoms with van der Waals surface area (Å²) in [5.41, 5.74) is 7.13. The summed E-state index contributed by atoms with van der Waals surface area (Å²) in [6, 6.07) is 4.67. The number of imide groups is 1. The van der Waals surface area contributed by atoms with E-state index in [4.69, 9.17) is 5.73 Å². The molecule has 7 heteroatoms. The van der Waals surface area contributed by atoms with E-state index in [-0.39, 0.29) is 24.6 Å². The highest BCUT2D eigenvalue weighted by molar-refractivity contribution is 6.00. The van der Waals surface area contributed by atoms with Gasteiger partial charge in [-0.25, -0.2) is 4.79 Å². The summed E-state index contributed by atoms with van der Waals surface area (Å²) in [6.45, 7) is 0.243. The molecule has 0 spiro atoms. The first-order valence-electron chi connectivity index (χ1n) is 7.26. The van der Waals surface area contributed by atoms with Crippen LogP contribution in [0.1, 0.15) is 24.4 Å². The van der Waals surface area contributed by atoms with Crippen molar-refractivity contribution in [3.05, 3.63) is 34.2 Å². The molecule has 1 aromatic carbocycles. The first-order chi connectivity index (χ1) is 11.0. The van der Waals surface area contributed by atoms with E-state index in [0.717, 1.165) is 5.56 Å². The molecule has 1 unspecified atom stereocenters. The number of hydrogen-bond donors (Lipinski definition) is 2. The quantitative estimate of drug-likeness (QED) is 0.554. The van der Waals surface area contributed by atoms with Crippen molar-refractivity contribution < 1.29 is 9.59 Å². The number of nitrogens with zero attached hydrogens (tertiary/aromatic N) is 2. The molecule has 1 aliphatic rings. The predicted molar refractivity (Wildman–Crippen MR) is 84.5 cm³/mol. The zero-order chi connectivity index (χ0) is 16.6. The minimum absolute atomic E-state index is 0.214. The minimum atomic E-state index is -0.693. The predicted octanol–water partition coefficient (Wildman–Crippen LogP) is -0.372. The number of imidazole rings is 1. The van der Waals surface area contributed by atoms with Crippen LogP contribution in [0.5, 0.6) is 0 Å². The van der Waals surface area contributed by atoms with E-state index in [2.05, 4.69) is 17.2 Å². The van der Waals surface area contributed by atoms with E-state index in [1.165, 1.54) is 9.13 Å². The summed E-state index contributed by atoms with van der Waals surface area (Å²) in [7, 11) is 1.65. The number of nitrogens with one attached hydrogen (secondary N) is 1. The van der Waals surface area contributed by atoms with Crippen LogP contribution < -0.4 is 16.7 Å². The molecule has 1 fully saturated rings. The van der Waals surface area contributed by atoms with Crippen molar-refractivity contribution >= 4 is 22.8 Å². The molecule has 0 saturated carbocycles. The molecule has 0 bridgehead atoms. The smallest absolute Gasteiger partial charge is 0.320 e. The molecule has 0 radical (unpaired) electrons. The summed E-state index contributed by atoms with van der Waals surface area (Å²) in [5, 5.41) is 2.29. The molecule has 1 aromatic heterocycles. The Hall–Kier alpha value is -2.85. The molecule has 3 rings (SSSR count). The number of carbonyl (C=O) groups excluding carboxylic acids is 2. The van der Waals surface area contributed by atoms with Crippen molar-refractivity contribution in [3.63, 3.8) is 0 Å². The lowest BCUT2D eigenvalue weighted by molar-refractivity contribution is -0.135. The van der Waals surface area contributed by atoms with Crippen LogP contribution in [0.15, 0.2) is 23.0 Å². The van der Waals surface area contributed by atoms with Gasteiger partial charge in [-0.15, -0.1) is 0 Å². The molecule has 2 amide bonds. The molecular formula is C16H16N4O3. The first kappa shape index (κ1) is 15.1. The Morgan fingerprint density at radius 2 is 2.09 bits per heavy atom. The van der Waals surface area contributed by atoms with Gasteiger partial charge in [0.2, 0.25) is 11.8 Å². The van der Waals surface area contributed by atoms with Gasteiger partial charge in [0.05, 0.1) is 17.6 Å². The molecule has 23 heavy (non-hydrogen) atoms. The van der Waals surface area contributed by atoms with Gasteiger partial charge in [0.15, 0.2) is 0 Å². The summed E-state index contributed by atoms with van der Waals surface area (Å²) < 4.78 is 2.92. The van der Waals surface area contributed by atoms with Crippen LogP contribution in [-0.4, -0.2) is 27.5 Å². The number of piperidine rings is 1. The molecule has 118 valence electrons. The molecule has 1 saturated heterocycles. The molecule has 2 heterocycles. The average Bonchev–Trinajstić information content (AvgIpc) is 2.77. The lowest BCUT2D eigenvalue weighted by Crippen LogP contribution is -2.44. The lowest BCUT2D eigenvalue weighted by atomic mass is 10.1. The molecule has 7 nitrogen and oxygen atoms in total. The van der Waals surface area contributed by atoms with E-state index < -0.39 is 11.9 Å². The number of benzene rings is 1. The Bertz CT molecular complexity index is 926. The molecule has 3 N–H and O–H groups in total. The monoisotopic (exact) mass is 312 g/mol. The van der Waals surface area contributed by atoms with Gasteiger partial charge in [0, 0.05) is 19.0 Å². The molecule has 2 aromatic rings. The number of amides is 2. The van der Waals surface area contributed by atoms with E-state index >= 15 is 0 Å². The summed E-state index contributed by atoms with van der Waals surface area (Å²) in [5.74, 6) is 4.92. The largest absolute Gasteiger partial charge is 0.329 e. The van der Waals surface area contributed by atoms with Gasteiger partial charge in [-0.3, -0.25) is 24.0 Å². The number of aryl methyl sites for hydroxylation is 1. The molecule has 0 aliphatic carbocycles. The van der Waals surface area contributed by atoms with Gasteiger partial charge in [0.25, 0.3) is 0 Å². The van der Waals surface area contributed by atoms with Gasteiger partial charge in [-0.2, -0.15) is 0 Å². The minimum Gasteiger partial charge on any atom is -0.320 e. The van der Waals surface area contributed by atoms with E-state index in [1.54, 1.807) is 25.2 Å². The fourth-order valence-corrected chi connectivity index (χ4v) is 2.83. The second-order valence-corrected chi connectivity index (χ2v) is 5.39. The van der Waals surface area contributed by atoms with E-state index in [9.17, 15) is 14.4 Å². The number of nitrogens with two attached hydrogens (primary N) is 1. The Balaban J connectivity index is 2.19. The Morgan fingerprint density at radius 1 is 1.30 bits per heavy atom. The second kappa shape index (κ2) is 5.74. The standard InChI is InChI=1S/C16H16N4O3/c1-19-11-5-4-10(3-2-8-17)9-13(11)20(16(19)23)12-6-7-14(21)18-15(12)22/h4-5,9,12H,6-8,17H2,1H3,(H,18,21,22). The van der Waals surface area contributed by atoms with E-state index in [1.807, 2.05) is 0 Å². The molecule has 1 atom stereocenters. The highest BCUT2D eigenvalue weighted by Crippen LogP contribution is 2.23. The fraction of sp³-hybridized carbons (Fsp3) is 0.312. The summed E-state index contributed by atoms with van der Waals surface area (Å²) in [6.07, 6.45) is 0.522. The number of hydrogen-bond acceptors (Lipinski definition) is 4. The molecule has 1 aliphatic heterocycles. The van der Waals surface area contributed by atoms with Gasteiger partial charge in [-0.1, -0.05) is 11.8 Å². The first-order valence-corrected chi connectivity index (χ1v) is 7.26. The number of carbonyl (C=O) groups is 2. The zero-order valence-corrected chi connectivity index (χ0v) is 12.6. The van der Waals surface area contributed by atoms with Gasteiger partial charge in [-0.05, 0) is 24.6 Å². The second-order valence-electron chi connectivity index (χ2n) is 5.39. The third-order valence-electron chi connectivity index (χ3n) is 3.95. The lowest BCUT2D eigenvalue weighted by Gasteiger charge is -2.21. The maximum Gasteiger partial charge on any atom is 0.329 e. The van der Waals surface area contributed by atoms with Crippen molar-refractivity contribution in [1.82, 2.24) is 14.5 Å². The Morgan fingerprint density at radius 3 is 2.78 bits per heavy atom. The van der Waals surface area contributed by atoms with E-state index in [0.29, 0.717) is 17.5 Å². The average molecular weight is 312 g/mol. The third-order valence-corrected chi connectivity index (χ3v) is 3.95. The van der Waals surface area contributed by atoms with Crippen molar-refractivity contribution in [2.24, 2.45) is 12.8 Å². The highest BCUT2D eigenvalue weighted by Gasteiger charge is 2.31. The van der Waals surface area contributed by atoms with Crippen LogP contribution in [0.25, 0.3) is 11.0 Å². The number of rotatable bonds is 1. The number of fused-ring (bicyclic) bond motifs is 1. The highest BCUT2D eigenvalue weighted by atomic mass is 16.2. The summed E-state index contributed by atoms with van der Waals surface area (Å²) in [4.78, 5) is 36.0. The van der Waals surface area contributed by atoms with Crippen LogP contribution in [-0.2, 0) is 16.6 Å². The Labute approximate surface area is 132 Å². The van der Waals surface area contributed by atoms with Gasteiger partial charge >= 0.3 is 5.69 Å². The van der Waals surface area contributed by atoms with Crippen molar-refractivity contribution in [3.8, 4) is 11.8 Å². The van der Waals surface area contributed by atoms with Crippen LogP contribution >= 0.6 is 0 Å². The maximum absolute atomic E-state index is 12.5. The topological polar surface area (TPSA) is 99.1 Å². The van der Waals surface area contributed by atoms with Crippen LogP contribution in [0.3, 0.4) is 0 Å². The van der Waals surface area contributed by atoms with Crippen LogP contribution in [0.2, 0.25) is 0 Å². The van der Waals surface area contributed by atoms with Crippen LogP contribution in [0.4, 0.5) is 0 Å². The maximum atomic E-state index is 12.5. The third kappa shape index (κ3) is 2.53. The molecular weight excluding hydrogens is 296 g/mol. The Kier molecular flexibility index (Phi) is 3.76. The zero-order valence-electron chi connectivity index (χ0n) is 12.6. The SMILES string of the molecule is Cn1c(=O)n(C2CCC(=O)NC2=O)c2cc(C#CCN)ccc21. The van der Waals surface area contributed by atoms with Crippen molar-refractivity contribution in [1.29, 1.82) is 0 Å². The number of aromatic nitrogens is 2. The van der Waals surface area contributed by atoms with Gasteiger partial charge in [0.1, 0.15) is 6.04 Å². The van der Waals surface area contributed by atoms with Crippen molar-refractivity contribution in [2.45, 2.75) is 18.9 Å². The normalized spacial score (nSPS) is 17.7.